The first-order valence-electron chi connectivity index (χ1n) is 8.11. The fourth-order valence-electron chi connectivity index (χ4n) is 1.48. The van der Waals surface area contributed by atoms with Gasteiger partial charge in [-0.25, -0.2) is 4.98 Å². The molecule has 12 N–H and O–H groups in total. The minimum Gasteiger partial charge on any atom is -1.00 e. The Morgan fingerprint density at radius 1 is 0.818 bits per heavy atom. The molecule has 0 bridgehead atoms. The van der Waals surface area contributed by atoms with Gasteiger partial charge in [-0.05, 0) is 24.3 Å². The van der Waals surface area contributed by atoms with Crippen LogP contribution in [0, 0.1) is 0 Å². The van der Waals surface area contributed by atoms with E-state index in [0.717, 1.165) is 0 Å². The van der Waals surface area contributed by atoms with Crippen LogP contribution in [0.5, 0.6) is 0 Å². The van der Waals surface area contributed by atoms with Gasteiger partial charge in [0.2, 0.25) is 0 Å². The summed E-state index contributed by atoms with van der Waals surface area (Å²) >= 11 is 0. The molecule has 0 amide bonds. The van der Waals surface area contributed by atoms with Crippen molar-refractivity contribution in [3.8, 4) is 0 Å². The summed E-state index contributed by atoms with van der Waals surface area (Å²) in [6.07, 6.45) is 13.9. The number of hydrogen-bond acceptors (Lipinski definition) is 6. The molecule has 13 heteroatoms. The zero-order valence-corrected chi connectivity index (χ0v) is 25.7. The monoisotopic (exact) mass is 482 g/mol. The normalized spacial score (nSPS) is 10.9. The molecule has 10 nitrogen and oxygen atoms in total. The van der Waals surface area contributed by atoms with Crippen molar-refractivity contribution in [1.29, 1.82) is 0 Å². The molecule has 0 saturated carbocycles. The SMILES string of the molecule is N.NC1C=CC=C[N-]1.Nc1ccccn1.[H-].[HH].[NH-]c1ccccn1.[NH2-].[NH2-].[Na+].[Na+].[Na+].c1ccncc1. The molecule has 0 radical (unpaired) electrons. The molecule has 1 atom stereocenters. The molecule has 4 heterocycles. The summed E-state index contributed by atoms with van der Waals surface area (Å²) in [4.78, 5) is 11.2. The van der Waals surface area contributed by atoms with E-state index in [2.05, 4.69) is 20.3 Å². The van der Waals surface area contributed by atoms with Crippen LogP contribution in [0.15, 0.2) is 104 Å². The summed E-state index contributed by atoms with van der Waals surface area (Å²) in [5.74, 6) is 0.894. The second kappa shape index (κ2) is 33.3. The van der Waals surface area contributed by atoms with Crippen LogP contribution in [0.25, 0.3) is 23.4 Å². The Kier molecular flexibility index (Phi) is 46.1. The second-order valence-corrected chi connectivity index (χ2v) is 4.86. The predicted molar refractivity (Wildman–Crippen MR) is 130 cm³/mol. The Balaban J connectivity index is -0.0000000431. The van der Waals surface area contributed by atoms with Gasteiger partial charge in [-0.3, -0.25) is 4.98 Å². The van der Waals surface area contributed by atoms with E-state index in [1.54, 1.807) is 55.3 Å². The van der Waals surface area contributed by atoms with Crippen LogP contribution in [0.3, 0.4) is 0 Å². The van der Waals surface area contributed by atoms with Crippen LogP contribution in [-0.2, 0) is 0 Å². The summed E-state index contributed by atoms with van der Waals surface area (Å²) in [5.41, 5.74) is 17.5. The van der Waals surface area contributed by atoms with Crippen LogP contribution in [0.2, 0.25) is 0 Å². The summed E-state index contributed by atoms with van der Waals surface area (Å²) in [6, 6.07) is 16.4. The van der Waals surface area contributed by atoms with Crippen molar-refractivity contribution in [3.05, 3.63) is 127 Å². The molecule has 1 unspecified atom stereocenters. The summed E-state index contributed by atoms with van der Waals surface area (Å²) in [5, 5.41) is 3.84. The van der Waals surface area contributed by atoms with Crippen LogP contribution in [0.1, 0.15) is 2.85 Å². The van der Waals surface area contributed by atoms with Gasteiger partial charge in [-0.1, -0.05) is 66.7 Å². The Hall–Kier alpha value is -0.830. The maximum Gasteiger partial charge on any atom is 1.00 e. The average molecular weight is 483 g/mol. The van der Waals surface area contributed by atoms with Crippen molar-refractivity contribution in [1.82, 2.24) is 21.1 Å². The molecule has 1 aliphatic heterocycles. The zero-order chi connectivity index (χ0) is 19.6. The molecule has 3 aromatic rings. The van der Waals surface area contributed by atoms with Gasteiger partial charge in [0.25, 0.3) is 0 Å². The minimum atomic E-state index is -0.106. The summed E-state index contributed by atoms with van der Waals surface area (Å²) in [6.45, 7) is 0. The molecule has 0 saturated heterocycles. The molecule has 168 valence electrons. The smallest absolute Gasteiger partial charge is 1.00 e. The first-order valence-corrected chi connectivity index (χ1v) is 8.11. The number of nitrogens with zero attached hydrogens (tertiary/aromatic N) is 4. The van der Waals surface area contributed by atoms with E-state index < -0.39 is 0 Å². The van der Waals surface area contributed by atoms with Gasteiger partial charge in [0.05, 0.1) is 0 Å². The van der Waals surface area contributed by atoms with Gasteiger partial charge in [-0.15, -0.1) is 0 Å². The van der Waals surface area contributed by atoms with E-state index in [1.165, 1.54) is 0 Å². The second-order valence-electron chi connectivity index (χ2n) is 4.86. The fraction of sp³-hybridized carbons (Fsp3) is 0.0500. The van der Waals surface area contributed by atoms with E-state index in [4.69, 9.17) is 17.2 Å². The van der Waals surface area contributed by atoms with Gasteiger partial charge < -0.3 is 47.4 Å². The number of nitrogens with one attached hydrogen (secondary N) is 1. The Labute approximate surface area is 266 Å². The number of hydrogen-bond donors (Lipinski definition) is 3. The zero-order valence-electron chi connectivity index (χ0n) is 20.7. The van der Waals surface area contributed by atoms with Gasteiger partial charge in [0, 0.05) is 20.0 Å². The summed E-state index contributed by atoms with van der Waals surface area (Å²) < 4.78 is 0. The van der Waals surface area contributed by atoms with Crippen molar-refractivity contribution in [2.24, 2.45) is 5.73 Å². The molecule has 33 heavy (non-hydrogen) atoms. The van der Waals surface area contributed by atoms with Crippen LogP contribution >= 0.6 is 0 Å². The van der Waals surface area contributed by atoms with Crippen molar-refractivity contribution in [2.75, 3.05) is 5.73 Å². The van der Waals surface area contributed by atoms with Gasteiger partial charge in [0.15, 0.2) is 0 Å². The maximum atomic E-state index is 6.88. The molecule has 0 fully saturated rings. The fourth-order valence-corrected chi connectivity index (χ4v) is 1.48. The molecule has 0 aromatic carbocycles. The van der Waals surface area contributed by atoms with E-state index in [9.17, 15) is 0 Å². The van der Waals surface area contributed by atoms with E-state index in [0.29, 0.717) is 11.6 Å². The predicted octanol–water partition coefficient (Wildman–Crippen LogP) is -2.79. The largest absolute Gasteiger partial charge is 1.00 e. The molecule has 1 aliphatic rings. The van der Waals surface area contributed by atoms with E-state index in [-0.39, 0.29) is 116 Å². The topological polar surface area (TPSA) is 231 Å². The molecular formula is C20H33N10Na3-2. The van der Waals surface area contributed by atoms with E-state index >= 15 is 0 Å². The van der Waals surface area contributed by atoms with Crippen LogP contribution in [-0.4, -0.2) is 21.1 Å². The van der Waals surface area contributed by atoms with Gasteiger partial charge >= 0.3 is 88.7 Å². The Morgan fingerprint density at radius 3 is 1.55 bits per heavy atom. The maximum absolute atomic E-state index is 6.88. The quantitative estimate of drug-likeness (QED) is 0.286. The number of nitrogens with two attached hydrogens (primary N) is 4. The summed E-state index contributed by atoms with van der Waals surface area (Å²) in [7, 11) is 0. The molecule has 4 rings (SSSR count). The third-order valence-corrected chi connectivity index (χ3v) is 2.68. The van der Waals surface area contributed by atoms with E-state index in [1.807, 2.05) is 48.6 Å². The third-order valence-electron chi connectivity index (χ3n) is 2.68. The van der Waals surface area contributed by atoms with Crippen molar-refractivity contribution < 1.29 is 91.5 Å². The molecule has 0 spiro atoms. The molecule has 3 aromatic heterocycles. The third kappa shape index (κ3) is 31.2. The first-order chi connectivity index (χ1) is 13.2. The molecule has 0 aliphatic carbocycles. The van der Waals surface area contributed by atoms with Crippen molar-refractivity contribution in [3.63, 3.8) is 0 Å². The number of anilines is 1. The number of nitrogen functional groups attached to an aromatic ring is 1. The number of pyridine rings is 3. The average Bonchev–Trinajstić information content (AvgIpc) is 2.73. The number of rotatable bonds is 0. The Morgan fingerprint density at radius 2 is 1.36 bits per heavy atom. The first kappa shape index (κ1) is 45.6. The Bertz CT molecular complexity index is 714. The van der Waals surface area contributed by atoms with Crippen molar-refractivity contribution in [2.45, 2.75) is 6.17 Å². The molecular weight excluding hydrogens is 449 g/mol. The van der Waals surface area contributed by atoms with Crippen molar-refractivity contribution >= 4 is 11.6 Å². The van der Waals surface area contributed by atoms with Crippen LogP contribution < -0.4 is 106 Å². The van der Waals surface area contributed by atoms with Crippen LogP contribution in [0.4, 0.5) is 11.6 Å². The van der Waals surface area contributed by atoms with Gasteiger partial charge in [0.1, 0.15) is 5.82 Å². The standard InChI is InChI=1S/C5H7N2.C5H6N2.C5H5N2.C5H5N.H3N.2H2N.3Na.H2.H/c3*6-5-3-1-2-4-7-5;1-2-4-6-5-3-1;;;;;;;;/h1-5H,6H2;1-4H,(H2,6,7);1-4H,(H-,6,7);1-5H;1H3;2*1H2;;;;1H;/q-1;;-1;;;2*-1;3*+1;;-1. The number of allylic oxidation sites excluding steroid dienone is 2. The number of aromatic nitrogens is 3. The van der Waals surface area contributed by atoms with Gasteiger partial charge in [-0.2, -0.15) is 6.20 Å². The minimum absolute atomic E-state index is 0.